The molecule has 2 aliphatic rings. The van der Waals surface area contributed by atoms with Gasteiger partial charge >= 0.3 is 6.11 Å². The Morgan fingerprint density at radius 3 is 1.92 bits per heavy atom. The summed E-state index contributed by atoms with van der Waals surface area (Å²) in [7, 11) is 0. The predicted octanol–water partition coefficient (Wildman–Crippen LogP) is 8.15. The lowest BCUT2D eigenvalue weighted by atomic mass is 9.80. The summed E-state index contributed by atoms with van der Waals surface area (Å²) in [6, 6.07) is 13.7. The van der Waals surface area contributed by atoms with E-state index >= 15 is 0 Å². The summed E-state index contributed by atoms with van der Waals surface area (Å²) in [5, 5.41) is 0. The molecule has 1 saturated heterocycles. The zero-order chi connectivity index (χ0) is 27.7. The lowest BCUT2D eigenvalue weighted by molar-refractivity contribution is -0.242. The Morgan fingerprint density at radius 1 is 0.744 bits per heavy atom. The number of alkyl halides is 2. The molecule has 0 bridgehead atoms. The van der Waals surface area contributed by atoms with Gasteiger partial charge in [-0.25, -0.2) is 17.6 Å². The first-order valence-electron chi connectivity index (χ1n) is 12.9. The van der Waals surface area contributed by atoms with Crippen molar-refractivity contribution in [2.45, 2.75) is 50.9 Å². The number of aryl methyl sites for hydroxylation is 1. The van der Waals surface area contributed by atoms with Crippen molar-refractivity contribution >= 4 is 0 Å². The molecule has 1 saturated carbocycles. The first kappa shape index (κ1) is 27.5. The largest absolute Gasteiger partial charge is 0.432 e. The predicted molar refractivity (Wildman–Crippen MR) is 132 cm³/mol. The molecule has 39 heavy (non-hydrogen) atoms. The lowest BCUT2D eigenvalue weighted by Gasteiger charge is -2.39. The van der Waals surface area contributed by atoms with E-state index in [2.05, 4.69) is 4.74 Å². The lowest BCUT2D eigenvalue weighted by Crippen LogP contribution is -2.41. The normalized spacial score (nSPS) is 24.0. The van der Waals surface area contributed by atoms with Crippen LogP contribution in [0.25, 0.3) is 11.1 Å². The van der Waals surface area contributed by atoms with Gasteiger partial charge in [-0.1, -0.05) is 42.0 Å². The van der Waals surface area contributed by atoms with Crippen LogP contribution in [0.3, 0.4) is 0 Å². The Hall–Kier alpha value is -3.04. The molecule has 0 aromatic heterocycles. The van der Waals surface area contributed by atoms with Crippen molar-refractivity contribution in [3.8, 4) is 16.9 Å². The summed E-state index contributed by atoms with van der Waals surface area (Å²) in [6.07, 6.45) is -3.40. The number of hydrogen-bond acceptors (Lipinski definition) is 3. The smallest absolute Gasteiger partial charge is 0.400 e. The van der Waals surface area contributed by atoms with Gasteiger partial charge in [0.05, 0.1) is 19.1 Å². The topological polar surface area (TPSA) is 27.7 Å². The number of hydrogen-bond donors (Lipinski definition) is 0. The summed E-state index contributed by atoms with van der Waals surface area (Å²) in [5.74, 6) is -7.68. The molecule has 0 spiro atoms. The van der Waals surface area contributed by atoms with Crippen LogP contribution in [-0.2, 0) is 9.47 Å². The molecule has 1 heterocycles. The first-order valence-corrected chi connectivity index (χ1v) is 12.9. The van der Waals surface area contributed by atoms with E-state index in [0.29, 0.717) is 30.5 Å². The number of ether oxygens (including phenoxy) is 3. The second kappa shape index (κ2) is 11.2. The van der Waals surface area contributed by atoms with Crippen molar-refractivity contribution in [1.82, 2.24) is 0 Å². The molecule has 0 radical (unpaired) electrons. The molecule has 0 atom stereocenters. The van der Waals surface area contributed by atoms with Crippen LogP contribution >= 0.6 is 0 Å². The Labute approximate surface area is 222 Å². The minimum atomic E-state index is -3.69. The van der Waals surface area contributed by atoms with E-state index < -0.39 is 41.5 Å². The number of halogens is 6. The summed E-state index contributed by atoms with van der Waals surface area (Å²) in [6.45, 7) is 2.47. The van der Waals surface area contributed by atoms with Crippen LogP contribution in [0.4, 0.5) is 26.3 Å². The van der Waals surface area contributed by atoms with Crippen molar-refractivity contribution in [1.29, 1.82) is 0 Å². The fourth-order valence-electron chi connectivity index (χ4n) is 5.31. The molecule has 3 aromatic carbocycles. The van der Waals surface area contributed by atoms with E-state index in [1.165, 1.54) is 6.07 Å². The van der Waals surface area contributed by atoms with E-state index in [4.69, 9.17) is 9.47 Å². The Bertz CT molecular complexity index is 1270. The van der Waals surface area contributed by atoms with Crippen molar-refractivity contribution in [2.75, 3.05) is 13.2 Å². The molecule has 0 unspecified atom stereocenters. The van der Waals surface area contributed by atoms with E-state index in [-0.39, 0.29) is 43.7 Å². The Balaban J connectivity index is 1.14. The van der Waals surface area contributed by atoms with Gasteiger partial charge in [0.25, 0.3) is 0 Å². The maximum atomic E-state index is 15.0. The van der Waals surface area contributed by atoms with Crippen LogP contribution < -0.4 is 4.74 Å². The molecule has 9 heteroatoms. The molecule has 208 valence electrons. The van der Waals surface area contributed by atoms with Gasteiger partial charge in [-0.3, -0.25) is 0 Å². The zero-order valence-electron chi connectivity index (χ0n) is 21.2. The van der Waals surface area contributed by atoms with Crippen LogP contribution in [0.1, 0.15) is 42.7 Å². The van der Waals surface area contributed by atoms with Gasteiger partial charge in [0.2, 0.25) is 0 Å². The van der Waals surface area contributed by atoms with E-state index in [9.17, 15) is 26.3 Å². The van der Waals surface area contributed by atoms with Crippen LogP contribution in [0.2, 0.25) is 0 Å². The van der Waals surface area contributed by atoms with Gasteiger partial charge in [-0.15, -0.1) is 0 Å². The highest BCUT2D eigenvalue weighted by molar-refractivity contribution is 5.64. The Kier molecular flexibility index (Phi) is 7.91. The second-order valence-electron chi connectivity index (χ2n) is 10.3. The quantitative estimate of drug-likeness (QED) is 0.229. The molecular weight excluding hydrogens is 522 g/mol. The van der Waals surface area contributed by atoms with Crippen LogP contribution in [0.15, 0.2) is 54.6 Å². The van der Waals surface area contributed by atoms with Gasteiger partial charge < -0.3 is 14.2 Å². The van der Waals surface area contributed by atoms with Crippen LogP contribution in [-0.4, -0.2) is 25.6 Å². The highest BCUT2D eigenvalue weighted by Gasteiger charge is 2.46. The van der Waals surface area contributed by atoms with Gasteiger partial charge in [0.1, 0.15) is 11.6 Å². The van der Waals surface area contributed by atoms with Gasteiger partial charge in [-0.05, 0) is 55.4 Å². The van der Waals surface area contributed by atoms with E-state index in [1.54, 1.807) is 6.07 Å². The maximum absolute atomic E-state index is 15.0. The molecule has 0 amide bonds. The fourth-order valence-corrected chi connectivity index (χ4v) is 5.31. The number of rotatable bonds is 6. The first-order chi connectivity index (χ1) is 18.6. The van der Waals surface area contributed by atoms with E-state index in [1.807, 2.05) is 37.3 Å². The molecule has 0 N–H and O–H groups in total. The van der Waals surface area contributed by atoms with Crippen LogP contribution in [0.5, 0.6) is 5.75 Å². The van der Waals surface area contributed by atoms with Crippen molar-refractivity contribution in [2.24, 2.45) is 11.8 Å². The Morgan fingerprint density at radius 2 is 1.33 bits per heavy atom. The summed E-state index contributed by atoms with van der Waals surface area (Å²) in [4.78, 5) is 0. The summed E-state index contributed by atoms with van der Waals surface area (Å²) < 4.78 is 101. The second-order valence-corrected chi connectivity index (χ2v) is 10.3. The monoisotopic (exact) mass is 550 g/mol. The highest BCUT2D eigenvalue weighted by atomic mass is 19.3. The molecule has 3 nitrogen and oxygen atoms in total. The van der Waals surface area contributed by atoms with Gasteiger partial charge in [0.15, 0.2) is 23.7 Å². The molecule has 1 aliphatic carbocycles. The SMILES string of the molecule is Cc1ccc(-c2ccc(C3COC(C4CCC(C(F)(F)Oc5cc(F)c(F)c(F)c5)CC4)OC3)c(F)c2)cc1. The third-order valence-corrected chi connectivity index (χ3v) is 7.59. The van der Waals surface area contributed by atoms with Crippen molar-refractivity contribution < 1.29 is 40.6 Å². The van der Waals surface area contributed by atoms with Gasteiger partial charge in [0, 0.05) is 24.0 Å². The summed E-state index contributed by atoms with van der Waals surface area (Å²) in [5.41, 5.74) is 3.32. The van der Waals surface area contributed by atoms with Crippen molar-refractivity contribution in [3.63, 3.8) is 0 Å². The molecule has 2 fully saturated rings. The molecular formula is C30H28F6O3. The maximum Gasteiger partial charge on any atom is 0.400 e. The molecule has 1 aliphatic heterocycles. The minimum absolute atomic E-state index is 0.0750. The average Bonchev–Trinajstić information content (AvgIpc) is 2.92. The molecule has 5 rings (SSSR count). The van der Waals surface area contributed by atoms with Crippen LogP contribution in [0, 0.1) is 42.0 Å². The average molecular weight is 551 g/mol. The third kappa shape index (κ3) is 6.09. The van der Waals surface area contributed by atoms with Crippen molar-refractivity contribution in [3.05, 3.63) is 89.0 Å². The van der Waals surface area contributed by atoms with E-state index in [0.717, 1.165) is 16.7 Å². The number of benzene rings is 3. The summed E-state index contributed by atoms with van der Waals surface area (Å²) >= 11 is 0. The zero-order valence-corrected chi connectivity index (χ0v) is 21.2. The van der Waals surface area contributed by atoms with Gasteiger partial charge in [-0.2, -0.15) is 8.78 Å². The fraction of sp³-hybridized carbons (Fsp3) is 0.400. The third-order valence-electron chi connectivity index (χ3n) is 7.59. The molecule has 3 aromatic rings. The standard InChI is InChI=1S/C30H28F6O3/c1-17-2-4-18(5-3-17)20-8-11-24(25(31)12-20)21-15-37-29(38-16-21)19-6-9-22(10-7-19)30(35,36)39-23-13-26(32)28(34)27(33)14-23/h2-5,8,11-14,19,21-22,29H,6-7,9-10,15-16H2,1H3. The highest BCUT2D eigenvalue weighted by Crippen LogP contribution is 2.42. The minimum Gasteiger partial charge on any atom is -0.432 e.